The number of anilines is 3. The highest BCUT2D eigenvalue weighted by atomic mass is 16.3. The summed E-state index contributed by atoms with van der Waals surface area (Å²) in [6.45, 7) is 0. The van der Waals surface area contributed by atoms with Crippen molar-refractivity contribution in [3.63, 3.8) is 0 Å². The molecule has 2 nitrogen and oxygen atoms in total. The second kappa shape index (κ2) is 14.8. The molecular formula is C60H39NO. The van der Waals surface area contributed by atoms with E-state index in [1.165, 1.54) is 54.9 Å². The van der Waals surface area contributed by atoms with Crippen molar-refractivity contribution in [2.45, 2.75) is 0 Å². The van der Waals surface area contributed by atoms with Crippen LogP contribution in [0.4, 0.5) is 17.1 Å². The summed E-state index contributed by atoms with van der Waals surface area (Å²) in [5.74, 6) is 0. The third-order valence-corrected chi connectivity index (χ3v) is 12.4. The van der Waals surface area contributed by atoms with Gasteiger partial charge in [0.1, 0.15) is 5.58 Å². The molecule has 0 saturated heterocycles. The molecule has 0 amide bonds. The maximum absolute atomic E-state index is 6.97. The van der Waals surface area contributed by atoms with Gasteiger partial charge in [-0.2, -0.15) is 0 Å². The Morgan fingerprint density at radius 1 is 0.258 bits per heavy atom. The van der Waals surface area contributed by atoms with Gasteiger partial charge in [0.15, 0.2) is 5.58 Å². The maximum atomic E-state index is 6.97. The fourth-order valence-electron chi connectivity index (χ4n) is 9.55. The molecular weight excluding hydrogens is 751 g/mol. The molecule has 12 rings (SSSR count). The molecule has 0 N–H and O–H groups in total. The van der Waals surface area contributed by atoms with E-state index in [0.717, 1.165) is 60.9 Å². The molecule has 0 atom stereocenters. The number of furan rings is 1. The molecule has 290 valence electrons. The number of fused-ring (bicyclic) bond motifs is 8. The number of rotatable bonds is 7. The van der Waals surface area contributed by atoms with Gasteiger partial charge in [0.2, 0.25) is 0 Å². The van der Waals surface area contributed by atoms with Crippen LogP contribution in [0.3, 0.4) is 0 Å². The van der Waals surface area contributed by atoms with Gasteiger partial charge in [-0.15, -0.1) is 0 Å². The standard InChI is InChI=1S/C60H39NO/c1-4-16-40(17-5-1)41-30-34-47(35-31-41)61(56-29-15-28-53-54-37-32-42-18-10-11-25-49(42)59(54)62-60(53)56)48-24-14-23-45(38-48)46-33-36-51-50-26-12-13-27-52(50)57(43-19-6-2-7-20-43)58(55(51)39-46)44-21-8-3-9-22-44/h1-39H. The van der Waals surface area contributed by atoms with E-state index in [2.05, 4.69) is 241 Å². The van der Waals surface area contributed by atoms with Crippen molar-refractivity contribution in [1.29, 1.82) is 0 Å². The predicted octanol–water partition coefficient (Wildman–Crippen LogP) is 17.2. The summed E-state index contributed by atoms with van der Waals surface area (Å²) in [4.78, 5) is 2.35. The Hall–Kier alpha value is -8.20. The molecule has 0 aliphatic heterocycles. The molecule has 0 bridgehead atoms. The predicted molar refractivity (Wildman–Crippen MR) is 263 cm³/mol. The Labute approximate surface area is 360 Å². The van der Waals surface area contributed by atoms with Gasteiger partial charge < -0.3 is 9.32 Å². The van der Waals surface area contributed by atoms with E-state index < -0.39 is 0 Å². The second-order valence-corrected chi connectivity index (χ2v) is 16.0. The van der Waals surface area contributed by atoms with E-state index in [9.17, 15) is 0 Å². The van der Waals surface area contributed by atoms with E-state index >= 15 is 0 Å². The normalized spacial score (nSPS) is 11.5. The van der Waals surface area contributed by atoms with Crippen LogP contribution in [0.15, 0.2) is 241 Å². The van der Waals surface area contributed by atoms with Crippen LogP contribution in [-0.4, -0.2) is 0 Å². The quantitative estimate of drug-likeness (QED) is 0.150. The van der Waals surface area contributed by atoms with Crippen molar-refractivity contribution < 1.29 is 4.42 Å². The summed E-state index contributed by atoms with van der Waals surface area (Å²) >= 11 is 0. The molecule has 1 heterocycles. The van der Waals surface area contributed by atoms with Crippen LogP contribution in [0.2, 0.25) is 0 Å². The first kappa shape index (κ1) is 35.7. The molecule has 0 aliphatic carbocycles. The van der Waals surface area contributed by atoms with Crippen LogP contribution >= 0.6 is 0 Å². The number of hydrogen-bond donors (Lipinski definition) is 0. The third kappa shape index (κ3) is 5.96. The van der Waals surface area contributed by atoms with Crippen LogP contribution in [0.1, 0.15) is 0 Å². The van der Waals surface area contributed by atoms with Crippen LogP contribution < -0.4 is 4.90 Å². The molecule has 0 saturated carbocycles. The number of benzene rings is 11. The summed E-state index contributed by atoms with van der Waals surface area (Å²) in [7, 11) is 0. The van der Waals surface area contributed by atoms with Crippen molar-refractivity contribution in [2.24, 2.45) is 0 Å². The molecule has 12 aromatic rings. The van der Waals surface area contributed by atoms with Gasteiger partial charge in [0.05, 0.1) is 5.69 Å². The lowest BCUT2D eigenvalue weighted by atomic mass is 9.84. The van der Waals surface area contributed by atoms with Gasteiger partial charge in [0, 0.05) is 27.5 Å². The number of hydrogen-bond acceptors (Lipinski definition) is 2. The minimum absolute atomic E-state index is 0.856. The highest BCUT2D eigenvalue weighted by molar-refractivity contribution is 6.22. The molecule has 0 radical (unpaired) electrons. The van der Waals surface area contributed by atoms with Crippen LogP contribution in [-0.2, 0) is 0 Å². The lowest BCUT2D eigenvalue weighted by Gasteiger charge is -2.26. The zero-order valence-electron chi connectivity index (χ0n) is 33.9. The fourth-order valence-corrected chi connectivity index (χ4v) is 9.55. The van der Waals surface area contributed by atoms with Gasteiger partial charge in [-0.1, -0.05) is 194 Å². The first-order valence-electron chi connectivity index (χ1n) is 21.3. The maximum Gasteiger partial charge on any atom is 0.159 e. The molecule has 0 aliphatic rings. The van der Waals surface area contributed by atoms with E-state index in [1.807, 2.05) is 0 Å². The van der Waals surface area contributed by atoms with Crippen LogP contribution in [0.5, 0.6) is 0 Å². The van der Waals surface area contributed by atoms with E-state index in [4.69, 9.17) is 4.42 Å². The van der Waals surface area contributed by atoms with E-state index in [0.29, 0.717) is 0 Å². The molecule has 2 heteroatoms. The van der Waals surface area contributed by atoms with Crippen molar-refractivity contribution in [3.8, 4) is 44.5 Å². The Morgan fingerprint density at radius 3 is 1.50 bits per heavy atom. The number of nitrogens with zero attached hydrogens (tertiary/aromatic N) is 1. The van der Waals surface area contributed by atoms with Gasteiger partial charge in [-0.3, -0.25) is 0 Å². The topological polar surface area (TPSA) is 16.4 Å². The van der Waals surface area contributed by atoms with E-state index in [1.54, 1.807) is 0 Å². The van der Waals surface area contributed by atoms with Crippen molar-refractivity contribution in [3.05, 3.63) is 237 Å². The smallest absolute Gasteiger partial charge is 0.159 e. The Bertz CT molecular complexity index is 3610. The zero-order chi connectivity index (χ0) is 41.0. The van der Waals surface area contributed by atoms with Gasteiger partial charge in [0.25, 0.3) is 0 Å². The molecule has 0 fully saturated rings. The zero-order valence-corrected chi connectivity index (χ0v) is 33.9. The van der Waals surface area contributed by atoms with Gasteiger partial charge in [-0.25, -0.2) is 0 Å². The molecule has 62 heavy (non-hydrogen) atoms. The van der Waals surface area contributed by atoms with Crippen molar-refractivity contribution in [2.75, 3.05) is 4.90 Å². The van der Waals surface area contributed by atoms with Crippen LogP contribution in [0, 0.1) is 0 Å². The average molecular weight is 790 g/mol. The molecule has 0 unspecified atom stereocenters. The monoisotopic (exact) mass is 789 g/mol. The Kier molecular flexibility index (Phi) is 8.53. The minimum atomic E-state index is 0.856. The van der Waals surface area contributed by atoms with Gasteiger partial charge >= 0.3 is 0 Å². The molecule has 1 aromatic heterocycles. The second-order valence-electron chi connectivity index (χ2n) is 16.0. The summed E-state index contributed by atoms with van der Waals surface area (Å²) in [6.07, 6.45) is 0. The summed E-state index contributed by atoms with van der Waals surface area (Å²) in [5.41, 5.74) is 14.4. The number of para-hydroxylation sites is 1. The van der Waals surface area contributed by atoms with Crippen molar-refractivity contribution in [1.82, 2.24) is 0 Å². The van der Waals surface area contributed by atoms with Gasteiger partial charge in [-0.05, 0) is 114 Å². The first-order chi connectivity index (χ1) is 30.8. The Morgan fingerprint density at radius 2 is 0.758 bits per heavy atom. The fraction of sp³-hybridized carbons (Fsp3) is 0. The lowest BCUT2D eigenvalue weighted by Crippen LogP contribution is -2.10. The first-order valence-corrected chi connectivity index (χ1v) is 21.3. The summed E-state index contributed by atoms with van der Waals surface area (Å²) < 4.78 is 6.97. The molecule has 0 spiro atoms. The summed E-state index contributed by atoms with van der Waals surface area (Å²) in [6, 6.07) is 85.4. The SMILES string of the molecule is c1ccc(-c2ccc(N(c3cccc(-c4ccc5c(c4)c(-c4ccccc4)c(-c4ccccc4)c4ccccc45)c3)c3cccc4c3oc3c5ccccc5ccc43)cc2)cc1. The lowest BCUT2D eigenvalue weighted by molar-refractivity contribution is 0.673. The molecule has 11 aromatic carbocycles. The highest BCUT2D eigenvalue weighted by Crippen LogP contribution is 2.47. The summed E-state index contributed by atoms with van der Waals surface area (Å²) in [5, 5.41) is 9.45. The highest BCUT2D eigenvalue weighted by Gasteiger charge is 2.22. The van der Waals surface area contributed by atoms with E-state index in [-0.39, 0.29) is 0 Å². The Balaban J connectivity index is 1.07. The average Bonchev–Trinajstić information content (AvgIpc) is 3.75. The van der Waals surface area contributed by atoms with Crippen LogP contribution in [0.25, 0.3) is 98.8 Å². The minimum Gasteiger partial charge on any atom is -0.453 e. The third-order valence-electron chi connectivity index (χ3n) is 12.4. The largest absolute Gasteiger partial charge is 0.453 e. The van der Waals surface area contributed by atoms with Crippen molar-refractivity contribution >= 4 is 71.3 Å².